The van der Waals surface area contributed by atoms with Crippen molar-refractivity contribution in [3.05, 3.63) is 65.2 Å². The fourth-order valence-corrected chi connectivity index (χ4v) is 7.67. The van der Waals surface area contributed by atoms with Gasteiger partial charge in [0.25, 0.3) is 0 Å². The van der Waals surface area contributed by atoms with Gasteiger partial charge < -0.3 is 15.2 Å². The van der Waals surface area contributed by atoms with Crippen LogP contribution in [0.25, 0.3) is 0 Å². The Bertz CT molecular complexity index is 1770. The number of piperidine rings is 1. The van der Waals surface area contributed by atoms with E-state index < -0.39 is 74.1 Å². The molecule has 11 nitrogen and oxygen atoms in total. The molecule has 0 bridgehead atoms. The van der Waals surface area contributed by atoms with Gasteiger partial charge in [-0.25, -0.2) is 22.6 Å². The molecular weight excluding hydrogens is 634 g/mol. The number of aryl methyl sites for hydroxylation is 1. The first-order valence-electron chi connectivity index (χ1n) is 14.2. The van der Waals surface area contributed by atoms with Gasteiger partial charge in [0.2, 0.25) is 10.0 Å². The molecule has 0 saturated carbocycles. The number of ether oxygens (including phenoxy) is 1. The highest BCUT2D eigenvalue weighted by atomic mass is 32.2. The molecule has 250 valence electrons. The molecular formula is C30H35F4N5O6S. The van der Waals surface area contributed by atoms with Crippen LogP contribution in [-0.2, 0) is 32.2 Å². The number of carbonyl (C=O) groups excluding carboxylic acids is 1. The van der Waals surface area contributed by atoms with Crippen molar-refractivity contribution in [1.29, 1.82) is 0 Å². The van der Waals surface area contributed by atoms with Gasteiger partial charge in [0.15, 0.2) is 5.82 Å². The second kappa shape index (κ2) is 12.0. The number of carboxylic acid groups (broad SMARTS) is 1. The van der Waals surface area contributed by atoms with Crippen LogP contribution in [0.15, 0.2) is 47.4 Å². The summed E-state index contributed by atoms with van der Waals surface area (Å²) in [6.45, 7) is 9.13. The van der Waals surface area contributed by atoms with Crippen molar-refractivity contribution in [1.82, 2.24) is 19.1 Å². The number of aromatic nitrogens is 3. The molecule has 2 aromatic heterocycles. The number of anilines is 2. The van der Waals surface area contributed by atoms with Crippen molar-refractivity contribution in [3.8, 4) is 0 Å². The highest BCUT2D eigenvalue weighted by Crippen LogP contribution is 2.46. The van der Waals surface area contributed by atoms with Gasteiger partial charge in [-0.3, -0.25) is 4.79 Å². The Morgan fingerprint density at radius 3 is 2.33 bits per heavy atom. The predicted molar refractivity (Wildman–Crippen MR) is 158 cm³/mol. The van der Waals surface area contributed by atoms with E-state index in [1.165, 1.54) is 32.0 Å². The van der Waals surface area contributed by atoms with Gasteiger partial charge in [0.1, 0.15) is 17.2 Å². The second-order valence-corrected chi connectivity index (χ2v) is 14.7. The van der Waals surface area contributed by atoms with Crippen LogP contribution in [0.1, 0.15) is 64.4 Å². The number of hydrogen-bond acceptors (Lipinski definition) is 8. The Balaban J connectivity index is 1.61. The first-order chi connectivity index (χ1) is 21.1. The first kappa shape index (κ1) is 34.8. The summed E-state index contributed by atoms with van der Waals surface area (Å²) in [5, 5.41) is 17.4. The zero-order valence-corrected chi connectivity index (χ0v) is 26.9. The third-order valence-corrected chi connectivity index (χ3v) is 9.76. The van der Waals surface area contributed by atoms with Crippen LogP contribution in [0.4, 0.5) is 34.0 Å². The Labute approximate surface area is 263 Å². The minimum atomic E-state index is -4.94. The van der Waals surface area contributed by atoms with Gasteiger partial charge in [-0.05, 0) is 78.6 Å². The van der Waals surface area contributed by atoms with E-state index in [-0.39, 0.29) is 30.2 Å². The average Bonchev–Trinajstić information content (AvgIpc) is 3.28. The van der Waals surface area contributed by atoms with Crippen LogP contribution >= 0.6 is 0 Å². The fraction of sp³-hybridized carbons (Fsp3) is 0.467. The molecule has 4 rings (SSSR count). The van der Waals surface area contributed by atoms with Gasteiger partial charge in [-0.1, -0.05) is 12.1 Å². The Morgan fingerprint density at radius 2 is 1.74 bits per heavy atom. The Kier molecular flexibility index (Phi) is 9.05. The molecule has 1 saturated heterocycles. The highest BCUT2D eigenvalue weighted by molar-refractivity contribution is 7.89. The molecule has 0 radical (unpaired) electrons. The molecule has 46 heavy (non-hydrogen) atoms. The van der Waals surface area contributed by atoms with E-state index in [1.54, 1.807) is 27.7 Å². The Hall–Kier alpha value is -4.05. The molecule has 3 aromatic rings. The van der Waals surface area contributed by atoms with Crippen LogP contribution < -0.4 is 5.32 Å². The number of benzene rings is 1. The van der Waals surface area contributed by atoms with Crippen LogP contribution in [0.2, 0.25) is 0 Å². The quantitative estimate of drug-likeness (QED) is 0.283. The van der Waals surface area contributed by atoms with Crippen LogP contribution in [0.3, 0.4) is 0 Å². The summed E-state index contributed by atoms with van der Waals surface area (Å²) in [6, 6.07) is 7.70. The lowest BCUT2D eigenvalue weighted by Crippen LogP contribution is -2.58. The predicted octanol–water partition coefficient (Wildman–Crippen LogP) is 6.15. The molecule has 1 fully saturated rings. The number of alkyl halides is 3. The third kappa shape index (κ3) is 7.17. The van der Waals surface area contributed by atoms with Crippen molar-refractivity contribution >= 4 is 33.7 Å². The van der Waals surface area contributed by atoms with E-state index in [0.29, 0.717) is 11.8 Å². The third-order valence-electron chi connectivity index (χ3n) is 7.59. The number of nitrogens with zero attached hydrogens (tertiary/aromatic N) is 4. The van der Waals surface area contributed by atoms with Crippen molar-refractivity contribution < 1.29 is 45.4 Å². The van der Waals surface area contributed by atoms with E-state index >= 15 is 4.39 Å². The molecule has 0 amide bonds. The number of halogens is 4. The number of nitrogens with one attached hydrogen (secondary N) is 1. The molecule has 1 aromatic carbocycles. The van der Waals surface area contributed by atoms with Crippen molar-refractivity contribution in [2.24, 2.45) is 5.41 Å². The molecule has 16 heteroatoms. The first-order valence-corrected chi connectivity index (χ1v) is 15.6. The topological polar surface area (TPSA) is 144 Å². The van der Waals surface area contributed by atoms with Crippen molar-refractivity contribution in [2.45, 2.75) is 83.0 Å². The summed E-state index contributed by atoms with van der Waals surface area (Å²) in [7, 11) is -4.72. The van der Waals surface area contributed by atoms with E-state index in [0.717, 1.165) is 27.2 Å². The molecule has 1 aliphatic rings. The number of pyridine rings is 1. The van der Waals surface area contributed by atoms with Gasteiger partial charge in [0.05, 0.1) is 21.6 Å². The lowest BCUT2D eigenvalue weighted by molar-refractivity contribution is -0.154. The number of rotatable bonds is 7. The number of sulfonamides is 1. The fourth-order valence-electron chi connectivity index (χ4n) is 5.68. The zero-order chi connectivity index (χ0) is 34.5. The largest absolute Gasteiger partial charge is 0.481 e. The molecule has 0 unspecified atom stereocenters. The normalized spacial score (nSPS) is 19.1. The van der Waals surface area contributed by atoms with Crippen molar-refractivity contribution in [3.63, 3.8) is 0 Å². The number of carbonyl (C=O) groups is 2. The summed E-state index contributed by atoms with van der Waals surface area (Å²) < 4.78 is 90.6. The van der Waals surface area contributed by atoms with Crippen molar-refractivity contribution in [2.75, 3.05) is 11.9 Å². The SMILES string of the molecule is Cc1cc(Nc2ccc(F)c(C[C@@]3(C(=O)O)CCN(S(=O)(=O)c4ccccc4C(F)(F)F)C(C)(C)C3)n2)nn1C(=O)OC(C)(C)C. The maximum absolute atomic E-state index is 15.1. The molecule has 0 spiro atoms. The van der Waals surface area contributed by atoms with Crippen LogP contribution in [0.5, 0.6) is 0 Å². The molecule has 2 N–H and O–H groups in total. The van der Waals surface area contributed by atoms with E-state index in [4.69, 9.17) is 4.74 Å². The number of carboxylic acids is 1. The molecule has 3 heterocycles. The number of hydrogen-bond donors (Lipinski definition) is 2. The summed E-state index contributed by atoms with van der Waals surface area (Å²) in [4.78, 5) is 28.5. The monoisotopic (exact) mass is 669 g/mol. The minimum absolute atomic E-state index is 0.0915. The van der Waals surface area contributed by atoms with Gasteiger partial charge in [0, 0.05) is 30.3 Å². The number of aliphatic carboxylic acids is 1. The Morgan fingerprint density at radius 1 is 1.09 bits per heavy atom. The van der Waals surface area contributed by atoms with E-state index in [9.17, 15) is 36.3 Å². The summed E-state index contributed by atoms with van der Waals surface area (Å²) in [5.41, 5.74) is -5.08. The van der Waals surface area contributed by atoms with Gasteiger partial charge >= 0.3 is 18.2 Å². The highest BCUT2D eigenvalue weighted by Gasteiger charge is 2.53. The second-order valence-electron chi connectivity index (χ2n) is 12.9. The molecule has 0 aliphatic carbocycles. The van der Waals surface area contributed by atoms with Crippen LogP contribution in [-0.4, -0.2) is 62.3 Å². The molecule has 1 aliphatic heterocycles. The molecule has 1 atom stereocenters. The average molecular weight is 670 g/mol. The summed E-state index contributed by atoms with van der Waals surface area (Å²) in [6.07, 6.45) is -6.76. The smallest absolute Gasteiger partial charge is 0.435 e. The van der Waals surface area contributed by atoms with E-state index in [2.05, 4.69) is 15.4 Å². The zero-order valence-electron chi connectivity index (χ0n) is 26.1. The van der Waals surface area contributed by atoms with E-state index in [1.807, 2.05) is 0 Å². The standard InChI is InChI=1S/C30H35F4N5O6S/c1-18-15-24(37-39(18)26(42)45-27(2,3)4)36-23-12-11-20(31)21(35-23)16-29(25(40)41)13-14-38(28(5,6)17-29)46(43,44)22-10-8-7-9-19(22)30(32,33)34/h7-12,15H,13-14,16-17H2,1-6H3,(H,40,41)(H,35,36,37)/t29-/m0/s1. The maximum Gasteiger partial charge on any atom is 0.435 e. The van der Waals surface area contributed by atoms with Crippen LogP contribution in [0, 0.1) is 18.2 Å². The summed E-state index contributed by atoms with van der Waals surface area (Å²) in [5.74, 6) is -1.87. The van der Waals surface area contributed by atoms with Gasteiger partial charge in [-0.2, -0.15) is 22.2 Å². The maximum atomic E-state index is 15.1. The lowest BCUT2D eigenvalue weighted by atomic mass is 9.69. The lowest BCUT2D eigenvalue weighted by Gasteiger charge is -2.48. The minimum Gasteiger partial charge on any atom is -0.481 e. The summed E-state index contributed by atoms with van der Waals surface area (Å²) >= 11 is 0. The van der Waals surface area contributed by atoms with Gasteiger partial charge in [-0.15, -0.1) is 5.10 Å².